The maximum Gasteiger partial charge on any atom is 0.262 e. The predicted molar refractivity (Wildman–Crippen MR) is 96.4 cm³/mol. The Morgan fingerprint density at radius 2 is 1.75 bits per heavy atom. The van der Waals surface area contributed by atoms with Gasteiger partial charge in [0.25, 0.3) is 5.91 Å². The summed E-state index contributed by atoms with van der Waals surface area (Å²) in [5, 5.41) is 12.6. The number of aliphatic hydroxyl groups excluding tert-OH is 1. The van der Waals surface area contributed by atoms with E-state index in [2.05, 4.69) is 19.2 Å². The third-order valence-corrected chi connectivity index (χ3v) is 3.97. The summed E-state index contributed by atoms with van der Waals surface area (Å²) in [7, 11) is 0. The molecule has 0 saturated carbocycles. The molecule has 0 aromatic heterocycles. The standard InChI is InChI=1S/C20H25NO3/c1-4-15-8-6-9-16(5-2)20(15)21-19(23)13-24-18-11-7-10-17(12-18)14(3)22/h6-12,14,22H,4-5,13H2,1-3H3,(H,21,23). The molecule has 2 aromatic rings. The van der Waals surface area contributed by atoms with Gasteiger partial charge in [0.2, 0.25) is 0 Å². The molecule has 0 aliphatic carbocycles. The molecule has 128 valence electrons. The first-order valence-electron chi connectivity index (χ1n) is 8.36. The highest BCUT2D eigenvalue weighted by molar-refractivity contribution is 5.93. The van der Waals surface area contributed by atoms with E-state index in [1.807, 2.05) is 24.3 Å². The number of benzene rings is 2. The number of para-hydroxylation sites is 1. The van der Waals surface area contributed by atoms with Crippen molar-refractivity contribution >= 4 is 11.6 Å². The van der Waals surface area contributed by atoms with E-state index >= 15 is 0 Å². The summed E-state index contributed by atoms with van der Waals surface area (Å²) in [5.41, 5.74) is 3.91. The monoisotopic (exact) mass is 327 g/mol. The number of carbonyl (C=O) groups excluding carboxylic acids is 1. The Morgan fingerprint density at radius 3 is 2.33 bits per heavy atom. The van der Waals surface area contributed by atoms with Gasteiger partial charge in [-0.25, -0.2) is 0 Å². The van der Waals surface area contributed by atoms with Crippen LogP contribution in [0, 0.1) is 0 Å². The van der Waals surface area contributed by atoms with Crippen molar-refractivity contribution in [2.45, 2.75) is 39.7 Å². The largest absolute Gasteiger partial charge is 0.484 e. The minimum atomic E-state index is -0.564. The second-order valence-corrected chi connectivity index (χ2v) is 5.74. The molecule has 0 spiro atoms. The number of rotatable bonds is 7. The highest BCUT2D eigenvalue weighted by atomic mass is 16.5. The summed E-state index contributed by atoms with van der Waals surface area (Å²) >= 11 is 0. The van der Waals surface area contributed by atoms with Crippen LogP contribution in [0.25, 0.3) is 0 Å². The van der Waals surface area contributed by atoms with Gasteiger partial charge in [0.15, 0.2) is 6.61 Å². The van der Waals surface area contributed by atoms with E-state index in [-0.39, 0.29) is 12.5 Å². The smallest absolute Gasteiger partial charge is 0.262 e. The fourth-order valence-corrected chi connectivity index (χ4v) is 2.59. The first kappa shape index (κ1) is 18.0. The third-order valence-electron chi connectivity index (χ3n) is 3.97. The van der Waals surface area contributed by atoms with Crippen LogP contribution in [0.1, 0.15) is 43.6 Å². The SMILES string of the molecule is CCc1cccc(CC)c1NC(=O)COc1cccc(C(C)O)c1. The zero-order valence-electron chi connectivity index (χ0n) is 14.5. The molecule has 0 saturated heterocycles. The van der Waals surface area contributed by atoms with Gasteiger partial charge in [0.05, 0.1) is 6.10 Å². The van der Waals surface area contributed by atoms with E-state index in [0.29, 0.717) is 5.75 Å². The van der Waals surface area contributed by atoms with E-state index in [1.165, 1.54) is 0 Å². The van der Waals surface area contributed by atoms with E-state index in [0.717, 1.165) is 35.2 Å². The summed E-state index contributed by atoms with van der Waals surface area (Å²) in [4.78, 5) is 12.3. The van der Waals surface area contributed by atoms with Crippen molar-refractivity contribution in [2.75, 3.05) is 11.9 Å². The summed E-state index contributed by atoms with van der Waals surface area (Å²) in [6, 6.07) is 13.2. The highest BCUT2D eigenvalue weighted by Gasteiger charge is 2.11. The molecular formula is C20H25NO3. The zero-order valence-corrected chi connectivity index (χ0v) is 14.5. The first-order chi connectivity index (χ1) is 11.5. The Bertz CT molecular complexity index is 673. The van der Waals surface area contributed by atoms with Gasteiger partial charge < -0.3 is 15.2 Å². The number of aliphatic hydroxyl groups is 1. The Kier molecular flexibility index (Phi) is 6.38. The van der Waals surface area contributed by atoms with Gasteiger partial charge in [-0.3, -0.25) is 4.79 Å². The van der Waals surface area contributed by atoms with Crippen molar-refractivity contribution in [3.63, 3.8) is 0 Å². The number of nitrogens with one attached hydrogen (secondary N) is 1. The maximum atomic E-state index is 12.3. The molecule has 0 heterocycles. The molecule has 0 radical (unpaired) electrons. The second-order valence-electron chi connectivity index (χ2n) is 5.74. The molecule has 4 heteroatoms. The van der Waals surface area contributed by atoms with Gasteiger partial charge in [-0.2, -0.15) is 0 Å². The van der Waals surface area contributed by atoms with Gasteiger partial charge in [-0.05, 0) is 48.6 Å². The topological polar surface area (TPSA) is 58.6 Å². The van der Waals surface area contributed by atoms with Crippen molar-refractivity contribution in [3.8, 4) is 5.75 Å². The van der Waals surface area contributed by atoms with Crippen LogP contribution < -0.4 is 10.1 Å². The maximum absolute atomic E-state index is 12.3. The van der Waals surface area contributed by atoms with Crippen LogP contribution >= 0.6 is 0 Å². The lowest BCUT2D eigenvalue weighted by Gasteiger charge is -2.15. The van der Waals surface area contributed by atoms with Crippen LogP contribution in [-0.4, -0.2) is 17.6 Å². The Labute approximate surface area is 143 Å². The summed E-state index contributed by atoms with van der Waals surface area (Å²) in [5.74, 6) is 0.385. The Balaban J connectivity index is 2.03. The van der Waals surface area contributed by atoms with Crippen molar-refractivity contribution in [3.05, 3.63) is 59.2 Å². The molecule has 0 aliphatic rings. The molecule has 1 atom stereocenters. The van der Waals surface area contributed by atoms with Gasteiger partial charge in [0, 0.05) is 5.69 Å². The van der Waals surface area contributed by atoms with Crippen LogP contribution in [-0.2, 0) is 17.6 Å². The predicted octanol–water partition coefficient (Wildman–Crippen LogP) is 3.88. The molecule has 24 heavy (non-hydrogen) atoms. The normalized spacial score (nSPS) is 11.8. The lowest BCUT2D eigenvalue weighted by atomic mass is 10.0. The number of hydrogen-bond donors (Lipinski definition) is 2. The van der Waals surface area contributed by atoms with Crippen molar-refractivity contribution in [2.24, 2.45) is 0 Å². The fraction of sp³-hybridized carbons (Fsp3) is 0.350. The third kappa shape index (κ3) is 4.59. The van der Waals surface area contributed by atoms with E-state index in [9.17, 15) is 9.90 Å². The lowest BCUT2D eigenvalue weighted by molar-refractivity contribution is -0.118. The van der Waals surface area contributed by atoms with Crippen molar-refractivity contribution < 1.29 is 14.6 Å². The van der Waals surface area contributed by atoms with Gasteiger partial charge in [-0.15, -0.1) is 0 Å². The van der Waals surface area contributed by atoms with Crippen LogP contribution in [0.15, 0.2) is 42.5 Å². The van der Waals surface area contributed by atoms with Crippen molar-refractivity contribution in [1.29, 1.82) is 0 Å². The lowest BCUT2D eigenvalue weighted by Crippen LogP contribution is -2.21. The summed E-state index contributed by atoms with van der Waals surface area (Å²) in [6.07, 6.45) is 1.16. The van der Waals surface area contributed by atoms with Gasteiger partial charge in [-0.1, -0.05) is 44.2 Å². The number of aryl methyl sites for hydroxylation is 2. The Morgan fingerprint density at radius 1 is 1.12 bits per heavy atom. The van der Waals surface area contributed by atoms with Crippen LogP contribution in [0.3, 0.4) is 0 Å². The molecule has 0 bridgehead atoms. The van der Waals surface area contributed by atoms with Crippen LogP contribution in [0.4, 0.5) is 5.69 Å². The van der Waals surface area contributed by atoms with Crippen LogP contribution in [0.5, 0.6) is 5.75 Å². The summed E-state index contributed by atoms with van der Waals surface area (Å²) in [6.45, 7) is 5.77. The average Bonchev–Trinajstić information content (AvgIpc) is 2.60. The average molecular weight is 327 g/mol. The first-order valence-corrected chi connectivity index (χ1v) is 8.36. The molecular weight excluding hydrogens is 302 g/mol. The number of anilines is 1. The number of amides is 1. The Hall–Kier alpha value is -2.33. The highest BCUT2D eigenvalue weighted by Crippen LogP contribution is 2.23. The minimum absolute atomic E-state index is 0.0650. The molecule has 2 aromatic carbocycles. The number of carbonyl (C=O) groups is 1. The van der Waals surface area contributed by atoms with E-state index < -0.39 is 6.10 Å². The fourth-order valence-electron chi connectivity index (χ4n) is 2.59. The molecule has 0 aliphatic heterocycles. The van der Waals surface area contributed by atoms with E-state index in [1.54, 1.807) is 25.1 Å². The number of ether oxygens (including phenoxy) is 1. The molecule has 2 N–H and O–H groups in total. The molecule has 0 fully saturated rings. The molecule has 1 amide bonds. The molecule has 1 unspecified atom stereocenters. The summed E-state index contributed by atoms with van der Waals surface area (Å²) < 4.78 is 5.55. The van der Waals surface area contributed by atoms with E-state index in [4.69, 9.17) is 4.74 Å². The minimum Gasteiger partial charge on any atom is -0.484 e. The zero-order chi connectivity index (χ0) is 17.5. The quantitative estimate of drug-likeness (QED) is 0.811. The van der Waals surface area contributed by atoms with Gasteiger partial charge in [0.1, 0.15) is 5.75 Å². The van der Waals surface area contributed by atoms with Crippen molar-refractivity contribution in [1.82, 2.24) is 0 Å². The molecule has 2 rings (SSSR count). The van der Waals surface area contributed by atoms with Crippen LogP contribution in [0.2, 0.25) is 0 Å². The number of hydrogen-bond acceptors (Lipinski definition) is 3. The second kappa shape index (κ2) is 8.50. The molecule has 4 nitrogen and oxygen atoms in total. The van der Waals surface area contributed by atoms with Gasteiger partial charge >= 0.3 is 0 Å².